The van der Waals surface area contributed by atoms with E-state index in [2.05, 4.69) is 15.0 Å². The lowest BCUT2D eigenvalue weighted by Crippen LogP contribution is -2.38. The number of hydrogen-bond donors (Lipinski definition) is 0. The lowest BCUT2D eigenvalue weighted by molar-refractivity contribution is 0.166. The van der Waals surface area contributed by atoms with E-state index in [1.165, 1.54) is 0 Å². The summed E-state index contributed by atoms with van der Waals surface area (Å²) in [6.07, 6.45) is 7.78. The Morgan fingerprint density at radius 3 is 2.72 bits per heavy atom. The van der Waals surface area contributed by atoms with Gasteiger partial charge in [0.1, 0.15) is 0 Å². The van der Waals surface area contributed by atoms with E-state index in [1.54, 1.807) is 10.9 Å². The first kappa shape index (κ1) is 16.0. The van der Waals surface area contributed by atoms with Gasteiger partial charge in [0.25, 0.3) is 5.56 Å². The third-order valence-electron chi connectivity index (χ3n) is 5.10. The lowest BCUT2D eigenvalue weighted by Gasteiger charge is -2.32. The van der Waals surface area contributed by atoms with Crippen LogP contribution in [0.2, 0.25) is 0 Å². The molecule has 25 heavy (non-hydrogen) atoms. The zero-order valence-corrected chi connectivity index (χ0v) is 14.3. The topological polar surface area (TPSA) is 56.0 Å². The highest BCUT2D eigenvalue weighted by atomic mass is 16.1. The quantitative estimate of drug-likeness (QED) is 0.715. The molecule has 3 aromatic rings. The van der Waals surface area contributed by atoms with Gasteiger partial charge in [-0.15, -0.1) is 0 Å². The molecule has 4 rings (SSSR count). The van der Waals surface area contributed by atoms with Crippen molar-refractivity contribution in [3.63, 3.8) is 0 Å². The summed E-state index contributed by atoms with van der Waals surface area (Å²) in [7, 11) is 0. The maximum Gasteiger partial charge on any atom is 0.261 e. The normalized spacial score (nSPS) is 16.5. The molecule has 0 bridgehead atoms. The highest BCUT2D eigenvalue weighted by molar-refractivity contribution is 5.76. The van der Waals surface area contributed by atoms with E-state index in [-0.39, 0.29) is 5.56 Å². The van der Waals surface area contributed by atoms with Gasteiger partial charge >= 0.3 is 0 Å². The van der Waals surface area contributed by atoms with Crippen LogP contribution < -0.4 is 5.56 Å². The summed E-state index contributed by atoms with van der Waals surface area (Å²) >= 11 is 0. The first-order valence-corrected chi connectivity index (χ1v) is 8.93. The van der Waals surface area contributed by atoms with E-state index in [9.17, 15) is 4.79 Å². The maximum atomic E-state index is 12.6. The number of para-hydroxylation sites is 1. The Balaban J connectivity index is 1.34. The second kappa shape index (κ2) is 7.19. The van der Waals surface area contributed by atoms with Crippen molar-refractivity contribution in [1.29, 1.82) is 0 Å². The van der Waals surface area contributed by atoms with Gasteiger partial charge in [-0.25, -0.2) is 4.98 Å². The first-order valence-electron chi connectivity index (χ1n) is 8.93. The highest BCUT2D eigenvalue weighted by Gasteiger charge is 2.20. The summed E-state index contributed by atoms with van der Waals surface area (Å²) in [4.78, 5) is 19.5. The molecule has 0 aliphatic carbocycles. The average Bonchev–Trinajstić information content (AvgIpc) is 3.17. The van der Waals surface area contributed by atoms with Crippen LogP contribution in [0.4, 0.5) is 0 Å². The van der Waals surface area contributed by atoms with Gasteiger partial charge in [0.15, 0.2) is 0 Å². The minimum absolute atomic E-state index is 0.0757. The van der Waals surface area contributed by atoms with Crippen molar-refractivity contribution in [2.24, 2.45) is 5.92 Å². The van der Waals surface area contributed by atoms with Crippen molar-refractivity contribution >= 4 is 10.9 Å². The molecule has 3 heterocycles. The molecule has 1 aliphatic heterocycles. The van der Waals surface area contributed by atoms with Gasteiger partial charge in [-0.3, -0.25) is 14.0 Å². The molecule has 1 saturated heterocycles. The Morgan fingerprint density at radius 1 is 1.08 bits per heavy atom. The molecule has 0 saturated carbocycles. The first-order chi connectivity index (χ1) is 12.3. The number of fused-ring (bicyclic) bond motifs is 1. The summed E-state index contributed by atoms with van der Waals surface area (Å²) < 4.78 is 3.76. The van der Waals surface area contributed by atoms with Crippen LogP contribution in [-0.2, 0) is 13.1 Å². The van der Waals surface area contributed by atoms with Gasteiger partial charge in [-0.05, 0) is 50.0 Å². The number of rotatable bonds is 5. The Bertz CT molecular complexity index is 878. The van der Waals surface area contributed by atoms with Crippen LogP contribution in [0.1, 0.15) is 12.8 Å². The van der Waals surface area contributed by atoms with E-state index >= 15 is 0 Å². The lowest BCUT2D eigenvalue weighted by atomic mass is 9.96. The molecule has 1 aliphatic rings. The molecular formula is C19H23N5O. The summed E-state index contributed by atoms with van der Waals surface area (Å²) in [6, 6.07) is 9.52. The van der Waals surface area contributed by atoms with Crippen molar-refractivity contribution in [3.8, 4) is 0 Å². The molecule has 1 aromatic carbocycles. The zero-order chi connectivity index (χ0) is 17.1. The van der Waals surface area contributed by atoms with Crippen molar-refractivity contribution in [2.75, 3.05) is 19.6 Å². The van der Waals surface area contributed by atoms with Crippen LogP contribution in [0.5, 0.6) is 0 Å². The number of hydrogen-bond acceptors (Lipinski definition) is 4. The van der Waals surface area contributed by atoms with E-state index in [4.69, 9.17) is 0 Å². The molecular weight excluding hydrogens is 314 g/mol. The minimum Gasteiger partial charge on any atom is -0.301 e. The fourth-order valence-electron chi connectivity index (χ4n) is 3.58. The second-order valence-corrected chi connectivity index (χ2v) is 6.77. The summed E-state index contributed by atoms with van der Waals surface area (Å²) in [5.41, 5.74) is 0.851. The van der Waals surface area contributed by atoms with Crippen molar-refractivity contribution in [3.05, 3.63) is 59.4 Å². The van der Waals surface area contributed by atoms with Crippen LogP contribution >= 0.6 is 0 Å². The fraction of sp³-hybridized carbons (Fsp3) is 0.421. The summed E-state index contributed by atoms with van der Waals surface area (Å²) in [5.74, 6) is 0.543. The Kier molecular flexibility index (Phi) is 4.61. The Labute approximate surface area is 146 Å². The van der Waals surface area contributed by atoms with E-state index in [1.807, 2.05) is 47.4 Å². The highest BCUT2D eigenvalue weighted by Crippen LogP contribution is 2.18. The van der Waals surface area contributed by atoms with Crippen LogP contribution in [-0.4, -0.2) is 43.9 Å². The minimum atomic E-state index is 0.0757. The van der Waals surface area contributed by atoms with Gasteiger partial charge in [0.2, 0.25) is 0 Å². The predicted molar refractivity (Wildman–Crippen MR) is 97.4 cm³/mol. The number of piperidine rings is 1. The van der Waals surface area contributed by atoms with Crippen molar-refractivity contribution in [1.82, 2.24) is 24.2 Å². The molecule has 0 radical (unpaired) electrons. The third-order valence-corrected chi connectivity index (χ3v) is 5.10. The van der Waals surface area contributed by atoms with Crippen LogP contribution in [0.25, 0.3) is 10.9 Å². The van der Waals surface area contributed by atoms with E-state index < -0.39 is 0 Å². The molecule has 6 nitrogen and oxygen atoms in total. The van der Waals surface area contributed by atoms with Gasteiger partial charge < -0.3 is 4.90 Å². The molecule has 0 spiro atoms. The molecule has 0 N–H and O–H groups in total. The molecule has 2 aromatic heterocycles. The summed E-state index contributed by atoms with van der Waals surface area (Å²) in [6.45, 7) is 4.91. The standard InChI is InChI=1S/C19H23N5O/c25-19-17-4-1-2-5-18(17)20-15-23(19)14-16-6-10-22(11-7-16)12-13-24-9-3-8-21-24/h1-5,8-9,15-16H,6-7,10-14H2. The molecule has 130 valence electrons. The SMILES string of the molecule is O=c1c2ccccc2ncn1CC1CCN(CCn2cccn2)CC1. The van der Waals surface area contributed by atoms with E-state index in [0.29, 0.717) is 11.3 Å². The number of nitrogens with zero attached hydrogens (tertiary/aromatic N) is 5. The monoisotopic (exact) mass is 337 g/mol. The Morgan fingerprint density at radius 2 is 1.92 bits per heavy atom. The average molecular weight is 337 g/mol. The van der Waals surface area contributed by atoms with Crippen LogP contribution in [0.3, 0.4) is 0 Å². The number of aromatic nitrogens is 4. The predicted octanol–water partition coefficient (Wildman–Crippen LogP) is 2.01. The van der Waals surface area contributed by atoms with E-state index in [0.717, 1.165) is 51.1 Å². The zero-order valence-electron chi connectivity index (χ0n) is 14.3. The smallest absolute Gasteiger partial charge is 0.261 e. The van der Waals surface area contributed by atoms with Crippen molar-refractivity contribution < 1.29 is 0 Å². The van der Waals surface area contributed by atoms with Gasteiger partial charge in [0, 0.05) is 25.5 Å². The molecule has 6 heteroatoms. The third kappa shape index (κ3) is 3.64. The fourth-order valence-corrected chi connectivity index (χ4v) is 3.58. The number of benzene rings is 1. The largest absolute Gasteiger partial charge is 0.301 e. The molecule has 0 unspecified atom stereocenters. The summed E-state index contributed by atoms with van der Waals surface area (Å²) in [5, 5.41) is 4.96. The van der Waals surface area contributed by atoms with Gasteiger partial charge in [-0.2, -0.15) is 5.10 Å². The van der Waals surface area contributed by atoms with Crippen molar-refractivity contribution in [2.45, 2.75) is 25.9 Å². The molecule has 0 atom stereocenters. The molecule has 1 fully saturated rings. The Hall–Kier alpha value is -2.47. The van der Waals surface area contributed by atoms with Crippen LogP contribution in [0, 0.1) is 5.92 Å². The second-order valence-electron chi connectivity index (χ2n) is 6.77. The van der Waals surface area contributed by atoms with Gasteiger partial charge in [-0.1, -0.05) is 12.1 Å². The van der Waals surface area contributed by atoms with Gasteiger partial charge in [0.05, 0.1) is 23.8 Å². The number of likely N-dealkylation sites (tertiary alicyclic amines) is 1. The van der Waals surface area contributed by atoms with Crippen LogP contribution in [0.15, 0.2) is 53.8 Å². The molecule has 0 amide bonds. The maximum absolute atomic E-state index is 12.6.